The maximum Gasteiger partial charge on any atom is 0.308 e. The normalized spacial score (nSPS) is 10.4. The van der Waals surface area contributed by atoms with Gasteiger partial charge >= 0.3 is 5.97 Å². The minimum absolute atomic E-state index is 0.358. The number of para-hydroxylation sites is 1. The summed E-state index contributed by atoms with van der Waals surface area (Å²) in [4.78, 5) is 11.1. The molecule has 7 heteroatoms. The largest absolute Gasteiger partial charge is 0.493 e. The van der Waals surface area contributed by atoms with Crippen molar-refractivity contribution in [3.8, 4) is 11.5 Å². The van der Waals surface area contributed by atoms with Crippen LogP contribution in [0.4, 0.5) is 5.69 Å². The number of ether oxygens (including phenoxy) is 2. The summed E-state index contributed by atoms with van der Waals surface area (Å²) in [6.07, 6.45) is 1.59. The highest BCUT2D eigenvalue weighted by Gasteiger charge is 2.07. The topological polar surface area (TPSA) is 71.9 Å². The van der Waals surface area contributed by atoms with E-state index >= 15 is 0 Å². The number of carbonyl (C=O) groups excluding carboxylic acids is 1. The maximum absolute atomic E-state index is 11.1. The van der Waals surface area contributed by atoms with Crippen LogP contribution in [0.2, 0.25) is 0 Å². The molecule has 25 heavy (non-hydrogen) atoms. The lowest BCUT2D eigenvalue weighted by atomic mass is 10.2. The molecule has 0 saturated carbocycles. The molecule has 0 amide bonds. The highest BCUT2D eigenvalue weighted by Crippen LogP contribution is 2.27. The molecule has 0 atom stereocenters. The minimum atomic E-state index is -0.408. The Morgan fingerprint density at radius 1 is 1.20 bits per heavy atom. The van der Waals surface area contributed by atoms with Gasteiger partial charge in [-0.15, -0.1) is 0 Å². The van der Waals surface area contributed by atoms with Gasteiger partial charge in [-0.3, -0.25) is 10.2 Å². The maximum atomic E-state index is 11.1. The van der Waals surface area contributed by atoms with Crippen LogP contribution in [0.25, 0.3) is 0 Å². The Hall–Kier alpha value is -2.93. The van der Waals surface area contributed by atoms with E-state index in [1.807, 2.05) is 31.2 Å². The smallest absolute Gasteiger partial charge is 0.308 e. The predicted octanol–water partition coefficient (Wildman–Crippen LogP) is 3.25. The van der Waals surface area contributed by atoms with Gasteiger partial charge in [0, 0.05) is 12.6 Å². The molecule has 2 N–H and O–H groups in total. The molecule has 0 aliphatic carbocycles. The first-order chi connectivity index (χ1) is 12.0. The molecule has 0 aromatic heterocycles. The second kappa shape index (κ2) is 8.79. The molecule has 0 unspecified atom stereocenters. The van der Waals surface area contributed by atoms with E-state index in [4.69, 9.17) is 21.7 Å². The van der Waals surface area contributed by atoms with Crippen molar-refractivity contribution < 1.29 is 14.3 Å². The molecule has 2 rings (SSSR count). The van der Waals surface area contributed by atoms with Gasteiger partial charge in [0.2, 0.25) is 0 Å². The molecule has 0 aliphatic heterocycles. The van der Waals surface area contributed by atoms with Crippen LogP contribution in [0, 0.1) is 6.92 Å². The van der Waals surface area contributed by atoms with Crippen molar-refractivity contribution in [2.24, 2.45) is 5.10 Å². The van der Waals surface area contributed by atoms with Gasteiger partial charge in [0.15, 0.2) is 16.6 Å². The number of methoxy groups -OCH3 is 1. The van der Waals surface area contributed by atoms with Crippen LogP contribution in [-0.4, -0.2) is 24.4 Å². The third-order valence-electron chi connectivity index (χ3n) is 3.21. The summed E-state index contributed by atoms with van der Waals surface area (Å²) >= 11 is 5.21. The van der Waals surface area contributed by atoms with Crippen molar-refractivity contribution in [1.29, 1.82) is 0 Å². The number of nitrogens with zero attached hydrogens (tertiary/aromatic N) is 1. The Morgan fingerprint density at radius 3 is 2.64 bits per heavy atom. The molecule has 130 valence electrons. The standard InChI is InChI=1S/C18H19N3O3S/c1-12-6-4-5-7-15(12)20-18(25)21-19-11-14-8-9-16(24-13(2)22)17(10-14)23-3/h4-11H,1-3H3,(H2,20,21,25)/b19-11-. The quantitative estimate of drug-likeness (QED) is 0.281. The van der Waals surface area contributed by atoms with Gasteiger partial charge in [-0.25, -0.2) is 0 Å². The van der Waals surface area contributed by atoms with Crippen LogP contribution >= 0.6 is 12.2 Å². The fourth-order valence-electron chi connectivity index (χ4n) is 2.03. The van der Waals surface area contributed by atoms with Crippen molar-refractivity contribution in [2.45, 2.75) is 13.8 Å². The van der Waals surface area contributed by atoms with Gasteiger partial charge in [0.1, 0.15) is 0 Å². The Bertz CT molecular complexity index is 806. The zero-order valence-electron chi connectivity index (χ0n) is 14.2. The molecule has 0 radical (unpaired) electrons. The number of aryl methyl sites for hydroxylation is 1. The molecule has 0 bridgehead atoms. The first-order valence-electron chi connectivity index (χ1n) is 7.51. The fourth-order valence-corrected chi connectivity index (χ4v) is 2.20. The average molecular weight is 357 g/mol. The molecule has 2 aromatic rings. The van der Waals surface area contributed by atoms with Crippen LogP contribution in [0.1, 0.15) is 18.1 Å². The number of rotatable bonds is 5. The van der Waals surface area contributed by atoms with E-state index in [1.165, 1.54) is 14.0 Å². The first kappa shape index (κ1) is 18.4. The highest BCUT2D eigenvalue weighted by atomic mass is 32.1. The second-order valence-corrected chi connectivity index (χ2v) is 5.55. The zero-order valence-corrected chi connectivity index (χ0v) is 15.0. The Morgan fingerprint density at radius 2 is 1.96 bits per heavy atom. The fraction of sp³-hybridized carbons (Fsp3) is 0.167. The van der Waals surface area contributed by atoms with Gasteiger partial charge in [0.25, 0.3) is 0 Å². The lowest BCUT2D eigenvalue weighted by Gasteiger charge is -2.10. The van der Waals surface area contributed by atoms with Gasteiger partial charge in [-0.2, -0.15) is 5.10 Å². The second-order valence-electron chi connectivity index (χ2n) is 5.14. The minimum Gasteiger partial charge on any atom is -0.493 e. The Kier molecular flexibility index (Phi) is 6.47. The molecular formula is C18H19N3O3S. The van der Waals surface area contributed by atoms with Gasteiger partial charge in [-0.05, 0) is 54.5 Å². The predicted molar refractivity (Wildman–Crippen MR) is 102 cm³/mol. The Labute approximate surface area is 151 Å². The first-order valence-corrected chi connectivity index (χ1v) is 7.92. The number of hydrogen-bond acceptors (Lipinski definition) is 5. The van der Waals surface area contributed by atoms with E-state index < -0.39 is 5.97 Å². The van der Waals surface area contributed by atoms with Crippen LogP contribution < -0.4 is 20.2 Å². The average Bonchev–Trinajstić information content (AvgIpc) is 2.57. The lowest BCUT2D eigenvalue weighted by molar-refractivity contribution is -0.132. The number of hydrogen-bond donors (Lipinski definition) is 2. The van der Waals surface area contributed by atoms with Crippen molar-refractivity contribution in [3.05, 3.63) is 53.6 Å². The lowest BCUT2D eigenvalue weighted by Crippen LogP contribution is -2.24. The van der Waals surface area contributed by atoms with Crippen LogP contribution in [0.5, 0.6) is 11.5 Å². The summed E-state index contributed by atoms with van der Waals surface area (Å²) in [5.74, 6) is 0.394. The van der Waals surface area contributed by atoms with Gasteiger partial charge < -0.3 is 14.8 Å². The summed E-state index contributed by atoms with van der Waals surface area (Å²) in [5.41, 5.74) is 5.52. The molecule has 0 spiro atoms. The Balaban J connectivity index is 1.98. The van der Waals surface area contributed by atoms with E-state index in [0.29, 0.717) is 16.6 Å². The number of anilines is 1. The van der Waals surface area contributed by atoms with Crippen LogP contribution in [-0.2, 0) is 4.79 Å². The van der Waals surface area contributed by atoms with Crippen molar-refractivity contribution >= 4 is 35.2 Å². The van der Waals surface area contributed by atoms with Crippen LogP contribution in [0.15, 0.2) is 47.6 Å². The number of hydrazone groups is 1. The summed E-state index contributed by atoms with van der Waals surface area (Å²) in [6.45, 7) is 3.33. The molecular weight excluding hydrogens is 338 g/mol. The number of thiocarbonyl (C=S) groups is 1. The summed E-state index contributed by atoms with van der Waals surface area (Å²) < 4.78 is 10.3. The SMILES string of the molecule is COc1cc(/C=N\NC(=S)Nc2ccccc2C)ccc1OC(C)=O. The van der Waals surface area contributed by atoms with Gasteiger partial charge in [-0.1, -0.05) is 18.2 Å². The van der Waals surface area contributed by atoms with E-state index in [1.54, 1.807) is 24.4 Å². The number of benzene rings is 2. The summed E-state index contributed by atoms with van der Waals surface area (Å²) in [5, 5.41) is 7.55. The third-order valence-corrected chi connectivity index (χ3v) is 3.41. The van der Waals surface area contributed by atoms with Gasteiger partial charge in [0.05, 0.1) is 13.3 Å². The molecule has 0 saturated heterocycles. The van der Waals surface area contributed by atoms with E-state index in [2.05, 4.69) is 15.8 Å². The molecule has 0 fully saturated rings. The zero-order chi connectivity index (χ0) is 18.2. The summed E-state index contributed by atoms with van der Waals surface area (Å²) in [7, 11) is 1.50. The molecule has 2 aromatic carbocycles. The highest BCUT2D eigenvalue weighted by molar-refractivity contribution is 7.80. The van der Waals surface area contributed by atoms with Crippen molar-refractivity contribution in [1.82, 2.24) is 5.43 Å². The van der Waals surface area contributed by atoms with Crippen molar-refractivity contribution in [2.75, 3.05) is 12.4 Å². The third kappa shape index (κ3) is 5.58. The molecule has 6 nitrogen and oxygen atoms in total. The van der Waals surface area contributed by atoms with E-state index in [9.17, 15) is 4.79 Å². The molecule has 0 aliphatic rings. The summed E-state index contributed by atoms with van der Waals surface area (Å²) in [6, 6.07) is 12.9. The monoisotopic (exact) mass is 357 g/mol. The van der Waals surface area contributed by atoms with Crippen molar-refractivity contribution in [3.63, 3.8) is 0 Å². The molecule has 0 heterocycles. The van der Waals surface area contributed by atoms with E-state index in [0.717, 1.165) is 16.8 Å². The van der Waals surface area contributed by atoms with Crippen LogP contribution in [0.3, 0.4) is 0 Å². The number of carbonyl (C=O) groups is 1. The number of nitrogens with one attached hydrogen (secondary N) is 2. The number of esters is 1. The van der Waals surface area contributed by atoms with E-state index in [-0.39, 0.29) is 0 Å².